The molecule has 1 N–H and O–H groups in total. The lowest BCUT2D eigenvalue weighted by Crippen LogP contribution is -2.51. The first kappa shape index (κ1) is 23.5. The number of hydrogen-bond acceptors (Lipinski definition) is 4. The molecule has 0 spiro atoms. The van der Waals surface area contributed by atoms with Crippen LogP contribution in [0.1, 0.15) is 31.9 Å². The molecule has 0 radical (unpaired) electrons. The van der Waals surface area contributed by atoms with E-state index in [9.17, 15) is 9.90 Å². The van der Waals surface area contributed by atoms with Crippen LogP contribution in [0.15, 0.2) is 60.7 Å². The lowest BCUT2D eigenvalue weighted by molar-refractivity contribution is -0.133. The quantitative estimate of drug-likeness (QED) is 0.569. The van der Waals surface area contributed by atoms with Crippen LogP contribution in [0.4, 0.5) is 0 Å². The molecule has 5 heteroatoms. The summed E-state index contributed by atoms with van der Waals surface area (Å²) in [5.41, 5.74) is 1.94. The standard InChI is InChI=1S/C24H34O4Si/c1-24(2,3)29(4,5)28-23(21(25)16-19-12-8-6-9-13-19)22(26)18-27-17-20-14-10-7-11-15-20/h6-15,22-23,26H,16-18H2,1-5H3/t22-,23+/m0/s1. The van der Waals surface area contributed by atoms with Crippen LogP contribution >= 0.6 is 0 Å². The second-order valence-corrected chi connectivity index (χ2v) is 13.8. The van der Waals surface area contributed by atoms with E-state index in [-0.39, 0.29) is 23.8 Å². The molecule has 0 unspecified atom stereocenters. The summed E-state index contributed by atoms with van der Waals surface area (Å²) in [6, 6.07) is 19.3. The van der Waals surface area contributed by atoms with Gasteiger partial charge in [-0.1, -0.05) is 81.4 Å². The van der Waals surface area contributed by atoms with Crippen molar-refractivity contribution in [2.75, 3.05) is 6.61 Å². The number of rotatable bonds is 10. The fourth-order valence-electron chi connectivity index (χ4n) is 2.71. The maximum Gasteiger partial charge on any atom is 0.193 e. The third-order valence-electron chi connectivity index (χ3n) is 5.52. The molecule has 0 heterocycles. The molecule has 0 fully saturated rings. The fraction of sp³-hybridized carbons (Fsp3) is 0.458. The van der Waals surface area contributed by atoms with Crippen molar-refractivity contribution >= 4 is 14.1 Å². The van der Waals surface area contributed by atoms with E-state index in [0.717, 1.165) is 11.1 Å². The van der Waals surface area contributed by atoms with Crippen molar-refractivity contribution in [1.82, 2.24) is 0 Å². The highest BCUT2D eigenvalue weighted by Crippen LogP contribution is 2.37. The largest absolute Gasteiger partial charge is 0.404 e. The number of benzene rings is 2. The van der Waals surface area contributed by atoms with Gasteiger partial charge in [0.15, 0.2) is 14.1 Å². The van der Waals surface area contributed by atoms with Gasteiger partial charge in [-0.2, -0.15) is 0 Å². The second-order valence-electron chi connectivity index (χ2n) is 9.00. The van der Waals surface area contributed by atoms with Gasteiger partial charge in [0.25, 0.3) is 0 Å². The van der Waals surface area contributed by atoms with Crippen molar-refractivity contribution < 1.29 is 19.1 Å². The Kier molecular flexibility index (Phi) is 8.34. The van der Waals surface area contributed by atoms with E-state index in [1.165, 1.54) is 0 Å². The molecule has 2 aromatic carbocycles. The van der Waals surface area contributed by atoms with Gasteiger partial charge in [-0.05, 0) is 29.3 Å². The lowest BCUT2D eigenvalue weighted by atomic mass is 10.0. The highest BCUT2D eigenvalue weighted by atomic mass is 28.4. The summed E-state index contributed by atoms with van der Waals surface area (Å²) in [5.74, 6) is -0.114. The van der Waals surface area contributed by atoms with Crippen LogP contribution < -0.4 is 0 Å². The normalized spacial score (nSPS) is 14.4. The average molecular weight is 415 g/mol. The Hall–Kier alpha value is -1.79. The van der Waals surface area contributed by atoms with Crippen molar-refractivity contribution in [3.8, 4) is 0 Å². The van der Waals surface area contributed by atoms with Crippen LogP contribution in [0.25, 0.3) is 0 Å². The molecule has 158 valence electrons. The minimum atomic E-state index is -2.25. The van der Waals surface area contributed by atoms with Crippen molar-refractivity contribution in [2.45, 2.75) is 64.1 Å². The van der Waals surface area contributed by atoms with Gasteiger partial charge in [0, 0.05) is 6.42 Å². The Bertz CT molecular complexity index is 753. The van der Waals surface area contributed by atoms with E-state index >= 15 is 0 Å². The average Bonchev–Trinajstić information content (AvgIpc) is 2.66. The van der Waals surface area contributed by atoms with E-state index in [2.05, 4.69) is 33.9 Å². The Labute approximate surface area is 176 Å². The molecule has 0 aliphatic rings. The summed E-state index contributed by atoms with van der Waals surface area (Å²) in [7, 11) is -2.25. The van der Waals surface area contributed by atoms with Gasteiger partial charge in [0.2, 0.25) is 0 Å². The van der Waals surface area contributed by atoms with E-state index in [4.69, 9.17) is 9.16 Å². The predicted octanol–water partition coefficient (Wildman–Crippen LogP) is 4.77. The zero-order valence-electron chi connectivity index (χ0n) is 18.2. The first-order valence-corrected chi connectivity index (χ1v) is 13.1. The van der Waals surface area contributed by atoms with Crippen molar-refractivity contribution in [3.05, 3.63) is 71.8 Å². The topological polar surface area (TPSA) is 55.8 Å². The molecule has 2 rings (SSSR count). The van der Waals surface area contributed by atoms with Gasteiger partial charge in [-0.3, -0.25) is 4.79 Å². The number of carbonyl (C=O) groups excluding carboxylic acids is 1. The number of ether oxygens (including phenoxy) is 1. The molecule has 0 saturated carbocycles. The third-order valence-corrected chi connectivity index (χ3v) is 9.97. The van der Waals surface area contributed by atoms with E-state index < -0.39 is 20.5 Å². The van der Waals surface area contributed by atoms with E-state index in [0.29, 0.717) is 6.61 Å². The molecule has 4 nitrogen and oxygen atoms in total. The second kappa shape index (κ2) is 10.3. The van der Waals surface area contributed by atoms with Gasteiger partial charge in [0.05, 0.1) is 13.2 Å². The zero-order chi connectivity index (χ0) is 21.5. The van der Waals surface area contributed by atoms with Crippen LogP contribution in [0.3, 0.4) is 0 Å². The predicted molar refractivity (Wildman–Crippen MR) is 119 cm³/mol. The Balaban J connectivity index is 2.08. The molecular formula is C24H34O4Si. The molecule has 2 aromatic rings. The van der Waals surface area contributed by atoms with Crippen molar-refractivity contribution in [3.63, 3.8) is 0 Å². The minimum absolute atomic E-state index is 0.0503. The molecule has 0 saturated heterocycles. The first-order valence-electron chi connectivity index (χ1n) is 10.1. The van der Waals surface area contributed by atoms with Gasteiger partial charge >= 0.3 is 0 Å². The third kappa shape index (κ3) is 7.19. The zero-order valence-corrected chi connectivity index (χ0v) is 19.2. The molecule has 0 aromatic heterocycles. The summed E-state index contributed by atoms with van der Waals surface area (Å²) >= 11 is 0. The number of carbonyl (C=O) groups is 1. The number of aliphatic hydroxyl groups excluding tert-OH is 1. The molecular weight excluding hydrogens is 380 g/mol. The molecule has 29 heavy (non-hydrogen) atoms. The molecule has 0 aliphatic carbocycles. The van der Waals surface area contributed by atoms with E-state index in [1.807, 2.05) is 60.7 Å². The monoisotopic (exact) mass is 414 g/mol. The fourth-order valence-corrected chi connectivity index (χ4v) is 3.99. The summed E-state index contributed by atoms with van der Waals surface area (Å²) in [6.45, 7) is 11.0. The van der Waals surface area contributed by atoms with Gasteiger partial charge in [-0.25, -0.2) is 0 Å². The van der Waals surface area contributed by atoms with Crippen molar-refractivity contribution in [1.29, 1.82) is 0 Å². The maximum atomic E-state index is 13.1. The number of Topliss-reactive ketones (excluding diaryl/α,β-unsaturated/α-hetero) is 1. The van der Waals surface area contributed by atoms with Crippen LogP contribution in [0.5, 0.6) is 0 Å². The SMILES string of the molecule is CC(C)(C)[Si](C)(C)O[C@H](C(=O)Cc1ccccc1)[C@@H](O)COCc1ccccc1. The Morgan fingerprint density at radius 3 is 2.00 bits per heavy atom. The van der Waals surface area contributed by atoms with Crippen LogP contribution in [-0.2, 0) is 27.0 Å². The van der Waals surface area contributed by atoms with Gasteiger partial charge in [0.1, 0.15) is 12.2 Å². The summed E-state index contributed by atoms with van der Waals surface area (Å²) in [5, 5.41) is 10.7. The Morgan fingerprint density at radius 1 is 0.966 bits per heavy atom. The first-order chi connectivity index (χ1) is 13.6. The van der Waals surface area contributed by atoms with E-state index in [1.54, 1.807) is 0 Å². The smallest absolute Gasteiger partial charge is 0.193 e. The highest BCUT2D eigenvalue weighted by molar-refractivity contribution is 6.74. The molecule has 2 atom stereocenters. The lowest BCUT2D eigenvalue weighted by Gasteiger charge is -2.40. The molecule has 0 bridgehead atoms. The summed E-state index contributed by atoms with van der Waals surface area (Å²) in [6.07, 6.45) is -1.67. The molecule has 0 aliphatic heterocycles. The summed E-state index contributed by atoms with van der Waals surface area (Å²) in [4.78, 5) is 13.1. The number of aliphatic hydroxyl groups is 1. The van der Waals surface area contributed by atoms with Crippen molar-refractivity contribution in [2.24, 2.45) is 0 Å². The summed E-state index contributed by atoms with van der Waals surface area (Å²) < 4.78 is 12.1. The van der Waals surface area contributed by atoms with Crippen LogP contribution in [0, 0.1) is 0 Å². The Morgan fingerprint density at radius 2 is 1.48 bits per heavy atom. The van der Waals surface area contributed by atoms with Gasteiger partial charge in [-0.15, -0.1) is 0 Å². The highest BCUT2D eigenvalue weighted by Gasteiger charge is 2.42. The van der Waals surface area contributed by atoms with Crippen LogP contribution in [0.2, 0.25) is 18.1 Å². The maximum absolute atomic E-state index is 13.1. The van der Waals surface area contributed by atoms with Gasteiger partial charge < -0.3 is 14.3 Å². The number of ketones is 1. The number of hydrogen-bond donors (Lipinski definition) is 1. The molecule has 0 amide bonds. The van der Waals surface area contributed by atoms with Crippen LogP contribution in [-0.4, -0.2) is 38.0 Å². The minimum Gasteiger partial charge on any atom is -0.404 e.